The second kappa shape index (κ2) is 8.20. The Morgan fingerprint density at radius 1 is 1.27 bits per heavy atom. The second-order valence-electron chi connectivity index (χ2n) is 6.97. The van der Waals surface area contributed by atoms with Gasteiger partial charge in [-0.15, -0.1) is 0 Å². The predicted molar refractivity (Wildman–Crippen MR) is 115 cm³/mol. The van der Waals surface area contributed by atoms with Crippen molar-refractivity contribution in [1.82, 2.24) is 19.7 Å². The minimum Gasteiger partial charge on any atom is -0.492 e. The Labute approximate surface area is 178 Å². The summed E-state index contributed by atoms with van der Waals surface area (Å²) in [6, 6.07) is 12.5. The Morgan fingerprint density at radius 3 is 2.73 bits per heavy atom. The van der Waals surface area contributed by atoms with Gasteiger partial charge in [-0.1, -0.05) is 11.6 Å². The van der Waals surface area contributed by atoms with Gasteiger partial charge >= 0.3 is 0 Å². The largest absolute Gasteiger partial charge is 0.492 e. The summed E-state index contributed by atoms with van der Waals surface area (Å²) in [7, 11) is 3.56. The number of halogens is 1. The molecule has 7 nitrogen and oxygen atoms in total. The van der Waals surface area contributed by atoms with E-state index < -0.39 is 0 Å². The van der Waals surface area contributed by atoms with E-state index in [0.717, 1.165) is 11.1 Å². The van der Waals surface area contributed by atoms with Gasteiger partial charge in [-0.25, -0.2) is 4.98 Å². The van der Waals surface area contributed by atoms with Gasteiger partial charge in [0.1, 0.15) is 18.1 Å². The number of rotatable bonds is 6. The Bertz CT molecular complexity index is 1180. The zero-order valence-corrected chi connectivity index (χ0v) is 17.7. The van der Waals surface area contributed by atoms with Gasteiger partial charge in [-0.2, -0.15) is 5.10 Å². The van der Waals surface area contributed by atoms with Crippen LogP contribution in [0.25, 0.3) is 22.5 Å². The van der Waals surface area contributed by atoms with Gasteiger partial charge in [0.15, 0.2) is 11.4 Å². The standard InChI is InChI=1S/C22H21ClN4O3/c1-14-20-17(13-18(19-5-4-11-30-19)24-21(20)27(3)25-14)22(28)26(2)10-12-29-16-8-6-15(23)7-9-16/h4-9,11,13H,10,12H2,1-3H3. The minimum absolute atomic E-state index is 0.133. The predicted octanol–water partition coefficient (Wildman–Crippen LogP) is 4.34. The fourth-order valence-electron chi connectivity index (χ4n) is 3.30. The molecule has 4 rings (SSSR count). The Balaban J connectivity index is 1.59. The Hall–Kier alpha value is -3.32. The smallest absolute Gasteiger partial charge is 0.254 e. The number of likely N-dealkylation sites (N-methyl/N-ethyl adjacent to an activating group) is 1. The number of carbonyl (C=O) groups is 1. The highest BCUT2D eigenvalue weighted by molar-refractivity contribution is 6.30. The maximum absolute atomic E-state index is 13.3. The zero-order valence-electron chi connectivity index (χ0n) is 16.9. The highest BCUT2D eigenvalue weighted by Gasteiger charge is 2.22. The molecule has 0 fully saturated rings. The van der Waals surface area contributed by atoms with Crippen LogP contribution in [0.3, 0.4) is 0 Å². The number of furan rings is 1. The third-order valence-corrected chi connectivity index (χ3v) is 5.08. The molecule has 0 saturated carbocycles. The van der Waals surface area contributed by atoms with Crippen LogP contribution in [-0.4, -0.2) is 45.8 Å². The molecule has 0 bridgehead atoms. The number of carbonyl (C=O) groups excluding carboxylic acids is 1. The fourth-order valence-corrected chi connectivity index (χ4v) is 3.43. The summed E-state index contributed by atoms with van der Waals surface area (Å²) in [4.78, 5) is 19.6. The number of amides is 1. The number of ether oxygens (including phenoxy) is 1. The molecular formula is C22H21ClN4O3. The van der Waals surface area contributed by atoms with Crippen molar-refractivity contribution in [2.45, 2.75) is 6.92 Å². The number of pyridine rings is 1. The van der Waals surface area contributed by atoms with Crippen molar-refractivity contribution in [3.63, 3.8) is 0 Å². The average molecular weight is 425 g/mol. The molecule has 1 aromatic carbocycles. The van der Waals surface area contributed by atoms with E-state index in [0.29, 0.717) is 46.6 Å². The van der Waals surface area contributed by atoms with Crippen molar-refractivity contribution in [2.24, 2.45) is 7.05 Å². The van der Waals surface area contributed by atoms with Gasteiger partial charge in [-0.3, -0.25) is 9.48 Å². The van der Waals surface area contributed by atoms with Gasteiger partial charge < -0.3 is 14.1 Å². The second-order valence-corrected chi connectivity index (χ2v) is 7.41. The van der Waals surface area contributed by atoms with Gasteiger partial charge in [0, 0.05) is 19.1 Å². The van der Waals surface area contributed by atoms with Crippen molar-refractivity contribution in [1.29, 1.82) is 0 Å². The van der Waals surface area contributed by atoms with Crippen molar-refractivity contribution in [3.8, 4) is 17.2 Å². The summed E-state index contributed by atoms with van der Waals surface area (Å²) in [5.41, 5.74) is 2.51. The molecule has 1 amide bonds. The first-order valence-corrected chi connectivity index (χ1v) is 9.84. The molecule has 8 heteroatoms. The Morgan fingerprint density at radius 2 is 2.03 bits per heavy atom. The van der Waals surface area contributed by atoms with E-state index in [4.69, 9.17) is 20.8 Å². The lowest BCUT2D eigenvalue weighted by atomic mass is 10.1. The SMILES string of the molecule is Cc1nn(C)c2nc(-c3ccco3)cc(C(=O)N(C)CCOc3ccc(Cl)cc3)c12. The minimum atomic E-state index is -0.133. The maximum atomic E-state index is 13.3. The third-order valence-electron chi connectivity index (χ3n) is 4.83. The molecule has 0 radical (unpaired) electrons. The third kappa shape index (κ3) is 3.89. The number of hydrogen-bond donors (Lipinski definition) is 0. The van der Waals surface area contributed by atoms with E-state index in [1.54, 1.807) is 59.3 Å². The molecule has 3 heterocycles. The number of fused-ring (bicyclic) bond motifs is 1. The van der Waals surface area contributed by atoms with Crippen LogP contribution in [0, 0.1) is 6.92 Å². The quantitative estimate of drug-likeness (QED) is 0.460. The molecule has 154 valence electrons. The molecule has 0 aliphatic rings. The number of aryl methyl sites for hydroxylation is 2. The molecular weight excluding hydrogens is 404 g/mol. The number of benzene rings is 1. The van der Waals surface area contributed by atoms with E-state index in [2.05, 4.69) is 10.1 Å². The van der Waals surface area contributed by atoms with E-state index in [1.807, 2.05) is 20.0 Å². The first-order valence-electron chi connectivity index (χ1n) is 9.46. The van der Waals surface area contributed by atoms with Gasteiger partial charge in [-0.05, 0) is 49.4 Å². The van der Waals surface area contributed by atoms with Gasteiger partial charge in [0.25, 0.3) is 5.91 Å². The first kappa shape index (κ1) is 20.0. The van der Waals surface area contributed by atoms with Crippen LogP contribution in [0.2, 0.25) is 5.02 Å². The molecule has 0 atom stereocenters. The van der Waals surface area contributed by atoms with E-state index >= 15 is 0 Å². The number of nitrogens with zero attached hydrogens (tertiary/aromatic N) is 4. The van der Waals surface area contributed by atoms with E-state index in [9.17, 15) is 4.79 Å². The fraction of sp³-hybridized carbons (Fsp3) is 0.227. The summed E-state index contributed by atoms with van der Waals surface area (Å²) in [6.45, 7) is 2.65. The molecule has 3 aromatic heterocycles. The average Bonchev–Trinajstić information content (AvgIpc) is 3.37. The van der Waals surface area contributed by atoms with Crippen LogP contribution in [0.1, 0.15) is 16.1 Å². The van der Waals surface area contributed by atoms with Crippen molar-refractivity contribution in [3.05, 3.63) is 65.0 Å². The topological polar surface area (TPSA) is 73.4 Å². The van der Waals surface area contributed by atoms with Crippen molar-refractivity contribution < 1.29 is 13.9 Å². The van der Waals surface area contributed by atoms with Gasteiger partial charge in [0.2, 0.25) is 0 Å². The highest BCUT2D eigenvalue weighted by atomic mass is 35.5. The summed E-state index contributed by atoms with van der Waals surface area (Å²) < 4.78 is 12.9. The normalized spacial score (nSPS) is 11.1. The molecule has 0 aliphatic heterocycles. The van der Waals surface area contributed by atoms with E-state index in [-0.39, 0.29) is 5.91 Å². The summed E-state index contributed by atoms with van der Waals surface area (Å²) in [6.07, 6.45) is 1.58. The maximum Gasteiger partial charge on any atom is 0.254 e. The summed E-state index contributed by atoms with van der Waals surface area (Å²) >= 11 is 5.89. The van der Waals surface area contributed by atoms with Crippen LogP contribution in [0.5, 0.6) is 5.75 Å². The van der Waals surface area contributed by atoms with E-state index in [1.165, 1.54) is 0 Å². The number of aromatic nitrogens is 3. The molecule has 30 heavy (non-hydrogen) atoms. The van der Waals surface area contributed by atoms with Crippen LogP contribution >= 0.6 is 11.6 Å². The first-order chi connectivity index (χ1) is 14.4. The van der Waals surface area contributed by atoms with Crippen LogP contribution < -0.4 is 4.74 Å². The Kier molecular flexibility index (Phi) is 5.46. The van der Waals surface area contributed by atoms with Gasteiger partial charge in [0.05, 0.1) is 29.5 Å². The highest BCUT2D eigenvalue weighted by Crippen LogP contribution is 2.28. The summed E-state index contributed by atoms with van der Waals surface area (Å²) in [5, 5.41) is 5.83. The van der Waals surface area contributed by atoms with Crippen LogP contribution in [0.4, 0.5) is 0 Å². The lowest BCUT2D eigenvalue weighted by Gasteiger charge is -2.18. The molecule has 0 spiro atoms. The number of hydrogen-bond acceptors (Lipinski definition) is 5. The molecule has 0 saturated heterocycles. The zero-order chi connectivity index (χ0) is 21.3. The monoisotopic (exact) mass is 424 g/mol. The van der Waals surface area contributed by atoms with Crippen molar-refractivity contribution >= 4 is 28.5 Å². The molecule has 0 unspecified atom stereocenters. The van der Waals surface area contributed by atoms with Crippen LogP contribution in [-0.2, 0) is 7.05 Å². The molecule has 0 N–H and O–H groups in total. The molecule has 4 aromatic rings. The summed E-state index contributed by atoms with van der Waals surface area (Å²) in [5.74, 6) is 1.17. The molecule has 0 aliphatic carbocycles. The lowest BCUT2D eigenvalue weighted by Crippen LogP contribution is -2.31. The lowest BCUT2D eigenvalue weighted by molar-refractivity contribution is 0.0775. The van der Waals surface area contributed by atoms with Crippen LogP contribution in [0.15, 0.2) is 53.1 Å². The van der Waals surface area contributed by atoms with Crippen molar-refractivity contribution in [2.75, 3.05) is 20.2 Å².